The van der Waals surface area contributed by atoms with E-state index in [1.165, 1.54) is 11.1 Å². The minimum absolute atomic E-state index is 0.107. The van der Waals surface area contributed by atoms with E-state index in [9.17, 15) is 4.79 Å². The largest absolute Gasteiger partial charge is 0.346 e. The van der Waals surface area contributed by atoms with Crippen LogP contribution >= 0.6 is 12.2 Å². The highest BCUT2D eigenvalue weighted by atomic mass is 32.1. The first-order chi connectivity index (χ1) is 13.4. The number of piperazine rings is 1. The Bertz CT molecular complexity index is 832. The van der Waals surface area contributed by atoms with Gasteiger partial charge in [0.05, 0.1) is 6.54 Å². The molecule has 0 unspecified atom stereocenters. The Hall–Kier alpha value is -2.44. The Morgan fingerprint density at radius 1 is 1.04 bits per heavy atom. The number of likely N-dealkylation sites (N-methyl/N-ethyl adjacent to an activating group) is 1. The summed E-state index contributed by atoms with van der Waals surface area (Å²) in [6, 6.07) is 16.0. The van der Waals surface area contributed by atoms with Gasteiger partial charge in [-0.15, -0.1) is 0 Å². The Balaban J connectivity index is 1.48. The number of para-hydroxylation sites is 1. The quantitative estimate of drug-likeness (QED) is 0.803. The zero-order valence-electron chi connectivity index (χ0n) is 16.8. The first kappa shape index (κ1) is 20.3. The topological polar surface area (TPSA) is 38.8 Å². The van der Waals surface area contributed by atoms with Gasteiger partial charge in [0.15, 0.2) is 5.11 Å². The molecule has 2 aromatic rings. The number of carbonyl (C=O) groups is 1. The van der Waals surface area contributed by atoms with Crippen molar-refractivity contribution in [1.29, 1.82) is 0 Å². The first-order valence-electron chi connectivity index (χ1n) is 9.61. The summed E-state index contributed by atoms with van der Waals surface area (Å²) in [5.74, 6) is 0.107. The molecule has 3 rings (SSSR count). The van der Waals surface area contributed by atoms with Crippen LogP contribution in [0.1, 0.15) is 11.1 Å². The van der Waals surface area contributed by atoms with Crippen molar-refractivity contribution in [1.82, 2.24) is 9.80 Å². The summed E-state index contributed by atoms with van der Waals surface area (Å²) in [4.78, 5) is 18.6. The summed E-state index contributed by atoms with van der Waals surface area (Å²) in [7, 11) is 1.83. The van der Waals surface area contributed by atoms with E-state index in [4.69, 9.17) is 12.2 Å². The van der Waals surface area contributed by atoms with Crippen LogP contribution in [0.3, 0.4) is 0 Å². The average molecular weight is 397 g/mol. The maximum absolute atomic E-state index is 12.6. The van der Waals surface area contributed by atoms with Crippen molar-refractivity contribution < 1.29 is 4.79 Å². The number of nitrogens with zero attached hydrogens (tertiary/aromatic N) is 3. The summed E-state index contributed by atoms with van der Waals surface area (Å²) < 4.78 is 0. The third-order valence-electron chi connectivity index (χ3n) is 5.29. The lowest BCUT2D eigenvalue weighted by Crippen LogP contribution is -2.52. The minimum Gasteiger partial charge on any atom is -0.346 e. The zero-order chi connectivity index (χ0) is 20.1. The van der Waals surface area contributed by atoms with Crippen molar-refractivity contribution in [2.45, 2.75) is 13.8 Å². The SMILES string of the molecule is Cc1ccc(NC(=S)N2CCN(CC(=O)N(C)c3ccccc3)CC2)cc1C. The van der Waals surface area contributed by atoms with E-state index in [1.807, 2.05) is 37.4 Å². The average Bonchev–Trinajstić information content (AvgIpc) is 2.71. The molecule has 1 saturated heterocycles. The summed E-state index contributed by atoms with van der Waals surface area (Å²) in [5, 5.41) is 4.08. The molecule has 0 aromatic heterocycles. The number of hydrogen-bond donors (Lipinski definition) is 1. The summed E-state index contributed by atoms with van der Waals surface area (Å²) in [5.41, 5.74) is 4.47. The molecular weight excluding hydrogens is 368 g/mol. The molecule has 148 valence electrons. The third-order valence-corrected chi connectivity index (χ3v) is 5.65. The van der Waals surface area contributed by atoms with Crippen LogP contribution in [-0.4, -0.2) is 60.6 Å². The van der Waals surface area contributed by atoms with Gasteiger partial charge in [-0.05, 0) is 61.5 Å². The smallest absolute Gasteiger partial charge is 0.240 e. The van der Waals surface area contributed by atoms with Crippen molar-refractivity contribution in [2.24, 2.45) is 0 Å². The van der Waals surface area contributed by atoms with Gasteiger partial charge in [0.2, 0.25) is 5.91 Å². The molecule has 0 aliphatic carbocycles. The fourth-order valence-corrected chi connectivity index (χ4v) is 3.52. The Labute approximate surface area is 172 Å². The van der Waals surface area contributed by atoms with Gasteiger partial charge in [0.25, 0.3) is 0 Å². The second-order valence-corrected chi connectivity index (χ2v) is 7.67. The molecule has 1 fully saturated rings. The van der Waals surface area contributed by atoms with Crippen molar-refractivity contribution in [3.8, 4) is 0 Å². The molecule has 28 heavy (non-hydrogen) atoms. The molecule has 2 aromatic carbocycles. The third kappa shape index (κ3) is 5.09. The molecule has 1 amide bonds. The van der Waals surface area contributed by atoms with Crippen molar-refractivity contribution in [3.05, 3.63) is 59.7 Å². The van der Waals surface area contributed by atoms with Gasteiger partial charge in [0.1, 0.15) is 0 Å². The van der Waals surface area contributed by atoms with Crippen LogP contribution in [0, 0.1) is 13.8 Å². The Kier molecular flexibility index (Phi) is 6.65. The predicted octanol–water partition coefficient (Wildman–Crippen LogP) is 3.28. The molecule has 0 saturated carbocycles. The van der Waals surface area contributed by atoms with Crippen molar-refractivity contribution in [2.75, 3.05) is 50.0 Å². The fourth-order valence-electron chi connectivity index (χ4n) is 3.22. The van der Waals surface area contributed by atoms with Gasteiger partial charge in [-0.25, -0.2) is 0 Å². The highest BCUT2D eigenvalue weighted by molar-refractivity contribution is 7.80. The van der Waals surface area contributed by atoms with E-state index in [0.29, 0.717) is 6.54 Å². The number of aryl methyl sites for hydroxylation is 2. The van der Waals surface area contributed by atoms with Crippen LogP contribution in [0.5, 0.6) is 0 Å². The standard InChI is InChI=1S/C22H28N4OS/c1-17-9-10-19(15-18(17)2)23-22(28)26-13-11-25(12-14-26)16-21(27)24(3)20-7-5-4-6-8-20/h4-10,15H,11-14,16H2,1-3H3,(H,23,28). The second kappa shape index (κ2) is 9.17. The maximum atomic E-state index is 12.6. The van der Waals surface area contributed by atoms with Gasteiger partial charge < -0.3 is 15.1 Å². The minimum atomic E-state index is 0.107. The van der Waals surface area contributed by atoms with Gasteiger partial charge in [0, 0.05) is 44.6 Å². The van der Waals surface area contributed by atoms with E-state index in [0.717, 1.165) is 42.7 Å². The molecule has 6 heteroatoms. The molecule has 5 nitrogen and oxygen atoms in total. The van der Waals surface area contributed by atoms with E-state index in [-0.39, 0.29) is 5.91 Å². The number of carbonyl (C=O) groups excluding carboxylic acids is 1. The lowest BCUT2D eigenvalue weighted by molar-refractivity contribution is -0.119. The molecule has 0 bridgehead atoms. The molecule has 1 aliphatic rings. The molecule has 1 aliphatic heterocycles. The Morgan fingerprint density at radius 3 is 2.36 bits per heavy atom. The highest BCUT2D eigenvalue weighted by Gasteiger charge is 2.22. The van der Waals surface area contributed by atoms with Crippen LogP contribution in [0.15, 0.2) is 48.5 Å². The van der Waals surface area contributed by atoms with Crippen molar-refractivity contribution >= 4 is 34.6 Å². The second-order valence-electron chi connectivity index (χ2n) is 7.28. The van der Waals surface area contributed by atoms with Crippen LogP contribution in [0.25, 0.3) is 0 Å². The van der Waals surface area contributed by atoms with Crippen LogP contribution < -0.4 is 10.2 Å². The number of amides is 1. The maximum Gasteiger partial charge on any atom is 0.240 e. The number of nitrogens with one attached hydrogen (secondary N) is 1. The molecule has 0 atom stereocenters. The number of hydrogen-bond acceptors (Lipinski definition) is 3. The molecule has 1 heterocycles. The van der Waals surface area contributed by atoms with Gasteiger partial charge in [-0.2, -0.15) is 0 Å². The van der Waals surface area contributed by atoms with Gasteiger partial charge in [-0.1, -0.05) is 24.3 Å². The zero-order valence-corrected chi connectivity index (χ0v) is 17.6. The van der Waals surface area contributed by atoms with Crippen LogP contribution in [0.4, 0.5) is 11.4 Å². The summed E-state index contributed by atoms with van der Waals surface area (Å²) >= 11 is 5.59. The molecular formula is C22H28N4OS. The van der Waals surface area contributed by atoms with E-state index >= 15 is 0 Å². The number of benzene rings is 2. The summed E-state index contributed by atoms with van der Waals surface area (Å²) in [6.45, 7) is 7.92. The van der Waals surface area contributed by atoms with E-state index in [1.54, 1.807) is 4.90 Å². The highest BCUT2D eigenvalue weighted by Crippen LogP contribution is 2.16. The number of rotatable bonds is 4. The van der Waals surface area contributed by atoms with E-state index < -0.39 is 0 Å². The Morgan fingerprint density at radius 2 is 1.71 bits per heavy atom. The normalized spacial score (nSPS) is 14.6. The van der Waals surface area contributed by atoms with Gasteiger partial charge in [-0.3, -0.25) is 9.69 Å². The summed E-state index contributed by atoms with van der Waals surface area (Å²) in [6.07, 6.45) is 0. The van der Waals surface area contributed by atoms with Crippen LogP contribution in [0.2, 0.25) is 0 Å². The molecule has 0 radical (unpaired) electrons. The van der Waals surface area contributed by atoms with Crippen molar-refractivity contribution in [3.63, 3.8) is 0 Å². The lowest BCUT2D eigenvalue weighted by Gasteiger charge is -2.36. The van der Waals surface area contributed by atoms with Crippen LogP contribution in [-0.2, 0) is 4.79 Å². The number of anilines is 2. The predicted molar refractivity (Wildman–Crippen MR) is 120 cm³/mol. The van der Waals surface area contributed by atoms with E-state index in [2.05, 4.69) is 47.2 Å². The molecule has 0 spiro atoms. The monoisotopic (exact) mass is 396 g/mol. The number of thiocarbonyl (C=S) groups is 1. The fraction of sp³-hybridized carbons (Fsp3) is 0.364. The molecule has 1 N–H and O–H groups in total. The lowest BCUT2D eigenvalue weighted by atomic mass is 10.1. The van der Waals surface area contributed by atoms with Gasteiger partial charge >= 0.3 is 0 Å². The first-order valence-corrected chi connectivity index (χ1v) is 10.0.